The molecule has 0 spiro atoms. The van der Waals surface area contributed by atoms with Crippen LogP contribution in [0.2, 0.25) is 0 Å². The van der Waals surface area contributed by atoms with Crippen LogP contribution in [0.5, 0.6) is 0 Å². The van der Waals surface area contributed by atoms with Gasteiger partial charge in [-0.25, -0.2) is 9.78 Å². The van der Waals surface area contributed by atoms with Crippen molar-refractivity contribution in [3.63, 3.8) is 0 Å². The average molecular weight is 433 g/mol. The molecule has 4 rings (SSSR count). The van der Waals surface area contributed by atoms with Crippen molar-refractivity contribution in [3.05, 3.63) is 59.1 Å². The molecule has 0 aliphatic carbocycles. The zero-order valence-electron chi connectivity index (χ0n) is 19.7. The number of piperidine rings is 1. The fourth-order valence-electron chi connectivity index (χ4n) is 4.57. The number of esters is 1. The topological polar surface area (TPSA) is 58.9 Å². The predicted molar refractivity (Wildman–Crippen MR) is 130 cm³/mol. The second-order valence-electron chi connectivity index (χ2n) is 8.51. The highest BCUT2D eigenvalue weighted by molar-refractivity contribution is 5.96. The molecular formula is C26H32N4O2. The lowest BCUT2D eigenvalue weighted by Gasteiger charge is -2.22. The molecule has 0 atom stereocenters. The molecule has 6 nitrogen and oxygen atoms in total. The van der Waals surface area contributed by atoms with Crippen LogP contribution in [0.25, 0.3) is 22.2 Å². The Morgan fingerprint density at radius 3 is 2.66 bits per heavy atom. The number of aromatic nitrogens is 2. The predicted octanol–water partition coefficient (Wildman–Crippen LogP) is 4.71. The molecule has 6 heteroatoms. The van der Waals surface area contributed by atoms with E-state index < -0.39 is 0 Å². The second-order valence-corrected chi connectivity index (χ2v) is 8.51. The molecule has 4 heterocycles. The van der Waals surface area contributed by atoms with E-state index in [2.05, 4.69) is 40.0 Å². The summed E-state index contributed by atoms with van der Waals surface area (Å²) in [6.07, 6.45) is 6.00. The molecule has 1 N–H and O–H groups in total. The van der Waals surface area contributed by atoms with Gasteiger partial charge in [-0.1, -0.05) is 5.57 Å². The first-order valence-corrected chi connectivity index (χ1v) is 11.3. The van der Waals surface area contributed by atoms with Crippen molar-refractivity contribution in [3.8, 4) is 11.1 Å². The van der Waals surface area contributed by atoms with E-state index in [-0.39, 0.29) is 5.97 Å². The average Bonchev–Trinajstić information content (AvgIpc) is 3.22. The highest BCUT2D eigenvalue weighted by Crippen LogP contribution is 2.35. The Labute approximate surface area is 189 Å². The molecule has 3 aromatic heterocycles. The molecule has 1 saturated heterocycles. The molecule has 1 aliphatic heterocycles. The molecule has 0 saturated carbocycles. The van der Waals surface area contributed by atoms with E-state index in [0.29, 0.717) is 12.2 Å². The number of nitrogens with zero attached hydrogens (tertiary/aromatic N) is 3. The molecular weight excluding hydrogens is 400 g/mol. The van der Waals surface area contributed by atoms with Crippen molar-refractivity contribution < 1.29 is 9.53 Å². The van der Waals surface area contributed by atoms with Gasteiger partial charge in [-0.3, -0.25) is 0 Å². The Morgan fingerprint density at radius 2 is 1.97 bits per heavy atom. The second kappa shape index (κ2) is 9.17. The number of nitrogens with one attached hydrogen (secondary N) is 1. The molecule has 0 unspecified atom stereocenters. The Hall–Kier alpha value is -3.12. The van der Waals surface area contributed by atoms with Crippen LogP contribution in [-0.4, -0.2) is 49.1 Å². The summed E-state index contributed by atoms with van der Waals surface area (Å²) < 4.78 is 7.65. The Kier molecular flexibility index (Phi) is 6.33. The standard InChI is InChI=1S/C26H32N4O2/c1-6-32-26(31)22-16-23-21(20-9-13-28-24(15-20)29(4)5)10-14-30(23)25(18(22)3)17(2)19-7-11-27-12-8-19/h9-10,13-16,27H,6-8,11-12H2,1-5H3. The maximum atomic E-state index is 12.9. The van der Waals surface area contributed by atoms with Crippen LogP contribution in [0.15, 0.2) is 42.2 Å². The molecule has 3 aromatic rings. The first kappa shape index (κ1) is 22.1. The Morgan fingerprint density at radius 1 is 1.22 bits per heavy atom. The monoisotopic (exact) mass is 432 g/mol. The van der Waals surface area contributed by atoms with Crippen LogP contribution in [0.4, 0.5) is 5.82 Å². The number of hydrogen-bond acceptors (Lipinski definition) is 5. The van der Waals surface area contributed by atoms with E-state index in [0.717, 1.165) is 59.7 Å². The lowest BCUT2D eigenvalue weighted by atomic mass is 9.93. The van der Waals surface area contributed by atoms with E-state index >= 15 is 0 Å². The van der Waals surface area contributed by atoms with Gasteiger partial charge in [-0.05, 0) is 87.7 Å². The normalized spacial score (nSPS) is 14.0. The lowest BCUT2D eigenvalue weighted by Crippen LogP contribution is -2.24. The molecule has 32 heavy (non-hydrogen) atoms. The van der Waals surface area contributed by atoms with Crippen LogP contribution in [-0.2, 0) is 4.74 Å². The van der Waals surface area contributed by atoms with Crippen molar-refractivity contribution >= 4 is 22.9 Å². The summed E-state index contributed by atoms with van der Waals surface area (Å²) in [6, 6.07) is 8.20. The first-order valence-electron chi connectivity index (χ1n) is 11.3. The molecule has 1 fully saturated rings. The van der Waals surface area contributed by atoms with Gasteiger partial charge in [0.15, 0.2) is 0 Å². The number of hydrogen-bond donors (Lipinski definition) is 1. The van der Waals surface area contributed by atoms with E-state index in [4.69, 9.17) is 4.74 Å². The molecule has 0 bridgehead atoms. The number of pyridine rings is 2. The van der Waals surface area contributed by atoms with Gasteiger partial charge in [0.05, 0.1) is 23.4 Å². The van der Waals surface area contributed by atoms with Gasteiger partial charge in [0.2, 0.25) is 0 Å². The number of allylic oxidation sites excluding steroid dienone is 1. The smallest absolute Gasteiger partial charge is 0.338 e. The van der Waals surface area contributed by atoms with Crippen molar-refractivity contribution in [2.45, 2.75) is 33.6 Å². The third-order valence-corrected chi connectivity index (χ3v) is 6.31. The van der Waals surface area contributed by atoms with Crippen LogP contribution in [0, 0.1) is 6.92 Å². The summed E-state index contributed by atoms with van der Waals surface area (Å²) in [4.78, 5) is 19.3. The minimum Gasteiger partial charge on any atom is -0.462 e. The number of rotatable bonds is 5. The van der Waals surface area contributed by atoms with E-state index in [1.807, 2.05) is 51.2 Å². The van der Waals surface area contributed by atoms with Crippen LogP contribution >= 0.6 is 0 Å². The fourth-order valence-corrected chi connectivity index (χ4v) is 4.57. The lowest BCUT2D eigenvalue weighted by molar-refractivity contribution is 0.0525. The van der Waals surface area contributed by atoms with Crippen molar-refractivity contribution in [1.82, 2.24) is 14.7 Å². The maximum absolute atomic E-state index is 12.9. The summed E-state index contributed by atoms with van der Waals surface area (Å²) in [6.45, 7) is 8.41. The van der Waals surface area contributed by atoms with Crippen molar-refractivity contribution in [1.29, 1.82) is 0 Å². The fraction of sp³-hybridized carbons (Fsp3) is 0.385. The quantitative estimate of drug-likeness (QED) is 0.592. The van der Waals surface area contributed by atoms with Crippen molar-refractivity contribution in [2.24, 2.45) is 0 Å². The van der Waals surface area contributed by atoms with Gasteiger partial charge in [-0.2, -0.15) is 0 Å². The summed E-state index contributed by atoms with van der Waals surface area (Å²) >= 11 is 0. The van der Waals surface area contributed by atoms with Gasteiger partial charge < -0.3 is 19.4 Å². The van der Waals surface area contributed by atoms with Crippen LogP contribution < -0.4 is 10.2 Å². The minimum atomic E-state index is -0.271. The van der Waals surface area contributed by atoms with Gasteiger partial charge in [0, 0.05) is 32.1 Å². The molecule has 0 amide bonds. The number of ether oxygens (including phenoxy) is 1. The summed E-state index contributed by atoms with van der Waals surface area (Å²) in [5, 5.41) is 3.43. The SMILES string of the molecule is CCOC(=O)c1cc2c(-c3ccnc(N(C)C)c3)ccn2c(C(C)=C2CCNCC2)c1C. The molecule has 168 valence electrons. The summed E-state index contributed by atoms with van der Waals surface area (Å²) in [5.74, 6) is 0.625. The summed E-state index contributed by atoms with van der Waals surface area (Å²) in [5.41, 5.74) is 8.53. The van der Waals surface area contributed by atoms with E-state index in [1.165, 1.54) is 11.1 Å². The third kappa shape index (κ3) is 4.02. The highest BCUT2D eigenvalue weighted by atomic mass is 16.5. The van der Waals surface area contributed by atoms with Gasteiger partial charge in [0.25, 0.3) is 0 Å². The van der Waals surface area contributed by atoms with Gasteiger partial charge in [-0.15, -0.1) is 0 Å². The summed E-state index contributed by atoms with van der Waals surface area (Å²) in [7, 11) is 3.97. The van der Waals surface area contributed by atoms with Gasteiger partial charge in [0.1, 0.15) is 5.82 Å². The number of carbonyl (C=O) groups is 1. The maximum Gasteiger partial charge on any atom is 0.338 e. The molecule has 0 aromatic carbocycles. The number of anilines is 1. The van der Waals surface area contributed by atoms with E-state index in [9.17, 15) is 4.79 Å². The first-order chi connectivity index (χ1) is 15.4. The van der Waals surface area contributed by atoms with Crippen LogP contribution in [0.1, 0.15) is 48.3 Å². The number of fused-ring (bicyclic) bond motifs is 1. The van der Waals surface area contributed by atoms with Gasteiger partial charge >= 0.3 is 5.97 Å². The Balaban J connectivity index is 1.98. The molecule has 0 radical (unpaired) electrons. The minimum absolute atomic E-state index is 0.271. The third-order valence-electron chi connectivity index (χ3n) is 6.31. The largest absolute Gasteiger partial charge is 0.462 e. The van der Waals surface area contributed by atoms with Crippen LogP contribution in [0.3, 0.4) is 0 Å². The zero-order chi connectivity index (χ0) is 22.8. The Bertz CT molecular complexity index is 1180. The highest BCUT2D eigenvalue weighted by Gasteiger charge is 2.22. The van der Waals surface area contributed by atoms with Crippen molar-refractivity contribution in [2.75, 3.05) is 38.7 Å². The zero-order valence-corrected chi connectivity index (χ0v) is 19.7. The molecule has 1 aliphatic rings. The number of carbonyl (C=O) groups excluding carboxylic acids is 1. The van der Waals surface area contributed by atoms with E-state index in [1.54, 1.807) is 0 Å².